The van der Waals surface area contributed by atoms with E-state index < -0.39 is 31.1 Å². The van der Waals surface area contributed by atoms with Crippen LogP contribution in [0.4, 0.5) is 5.82 Å². The molecule has 0 bridgehead atoms. The van der Waals surface area contributed by atoms with Gasteiger partial charge in [-0.15, -0.1) is 11.3 Å². The number of aliphatic hydroxyl groups is 3. The summed E-state index contributed by atoms with van der Waals surface area (Å²) < 4.78 is 9.21. The zero-order valence-corrected chi connectivity index (χ0v) is 18.9. The minimum atomic E-state index is -1.25. The number of thioether (sulfide) groups is 1. The van der Waals surface area contributed by atoms with Crippen LogP contribution in [0.25, 0.3) is 21.4 Å². The number of anilines is 1. The molecule has 0 saturated carbocycles. The Morgan fingerprint density at radius 2 is 2.03 bits per heavy atom. The van der Waals surface area contributed by atoms with Gasteiger partial charge in [-0.1, -0.05) is 23.9 Å². The van der Waals surface area contributed by atoms with Crippen molar-refractivity contribution in [3.63, 3.8) is 0 Å². The normalized spacial score (nSPS) is 23.4. The van der Waals surface area contributed by atoms with Gasteiger partial charge in [-0.2, -0.15) is 9.97 Å². The smallest absolute Gasteiger partial charge is 0.226 e. The van der Waals surface area contributed by atoms with Gasteiger partial charge in [-0.25, -0.2) is 9.97 Å². The molecule has 168 valence electrons. The maximum atomic E-state index is 10.3. The first-order chi connectivity index (χ1) is 15.5. The number of aliphatic hydroxyl groups excluding tert-OH is 3. The van der Waals surface area contributed by atoms with Crippen molar-refractivity contribution in [3.8, 4) is 0 Å². The van der Waals surface area contributed by atoms with E-state index in [0.29, 0.717) is 23.5 Å². The molecule has 10 nitrogen and oxygen atoms in total. The molecule has 4 heterocycles. The van der Waals surface area contributed by atoms with Crippen molar-refractivity contribution in [2.75, 3.05) is 24.2 Å². The maximum Gasteiger partial charge on any atom is 0.226 e. The molecule has 4 N–H and O–H groups in total. The average Bonchev–Trinajstić information content (AvgIpc) is 3.47. The highest BCUT2D eigenvalue weighted by Gasteiger charge is 2.44. The van der Waals surface area contributed by atoms with E-state index in [1.165, 1.54) is 10.9 Å². The third-order valence-corrected chi connectivity index (χ3v) is 7.43. The molecule has 4 atom stereocenters. The number of benzene rings is 1. The lowest BCUT2D eigenvalue weighted by molar-refractivity contribution is -0.0511. The lowest BCUT2D eigenvalue weighted by atomic mass is 10.1. The lowest BCUT2D eigenvalue weighted by Crippen LogP contribution is -2.33. The molecule has 4 aromatic rings. The van der Waals surface area contributed by atoms with Gasteiger partial charge in [0.2, 0.25) is 5.28 Å². The highest BCUT2D eigenvalue weighted by molar-refractivity contribution is 8.01. The van der Waals surface area contributed by atoms with E-state index in [1.54, 1.807) is 23.1 Å². The van der Waals surface area contributed by atoms with Crippen LogP contribution in [0.15, 0.2) is 34.9 Å². The molecule has 1 fully saturated rings. The number of thiazole rings is 1. The van der Waals surface area contributed by atoms with Crippen molar-refractivity contribution in [2.45, 2.75) is 28.9 Å². The van der Waals surface area contributed by atoms with Crippen LogP contribution in [-0.2, 0) is 4.74 Å². The minimum absolute atomic E-state index is 0.00678. The Labute approximate surface area is 195 Å². The second-order valence-corrected chi connectivity index (χ2v) is 9.83. The summed E-state index contributed by atoms with van der Waals surface area (Å²) in [5.41, 5.74) is 1.80. The number of hydrogen-bond acceptors (Lipinski definition) is 11. The van der Waals surface area contributed by atoms with Crippen LogP contribution < -0.4 is 5.32 Å². The van der Waals surface area contributed by atoms with Crippen LogP contribution in [0.3, 0.4) is 0 Å². The molecule has 1 saturated heterocycles. The minimum Gasteiger partial charge on any atom is -0.394 e. The number of hydrogen-bond donors (Lipinski definition) is 4. The number of rotatable bonds is 7. The summed E-state index contributed by atoms with van der Waals surface area (Å²) in [6.07, 6.45) is -2.89. The Bertz CT molecular complexity index is 1220. The van der Waals surface area contributed by atoms with Gasteiger partial charge >= 0.3 is 0 Å². The monoisotopic (exact) mass is 494 g/mol. The molecule has 0 spiro atoms. The highest BCUT2D eigenvalue weighted by Crippen LogP contribution is 2.33. The number of aromatic nitrogens is 5. The molecule has 5 rings (SSSR count). The van der Waals surface area contributed by atoms with Gasteiger partial charge in [-0.3, -0.25) is 4.57 Å². The second-order valence-electron chi connectivity index (χ2n) is 7.12. The molecule has 13 heteroatoms. The van der Waals surface area contributed by atoms with Crippen molar-refractivity contribution < 1.29 is 20.1 Å². The van der Waals surface area contributed by atoms with E-state index in [0.717, 1.165) is 20.3 Å². The molecule has 32 heavy (non-hydrogen) atoms. The van der Waals surface area contributed by atoms with E-state index in [-0.39, 0.29) is 5.28 Å². The van der Waals surface area contributed by atoms with Crippen molar-refractivity contribution in [1.29, 1.82) is 0 Å². The summed E-state index contributed by atoms with van der Waals surface area (Å²) in [7, 11) is 0. The van der Waals surface area contributed by atoms with Gasteiger partial charge in [0.1, 0.15) is 18.3 Å². The largest absolute Gasteiger partial charge is 0.394 e. The molecule has 1 aliphatic rings. The lowest BCUT2D eigenvalue weighted by Gasteiger charge is -2.16. The Kier molecular flexibility index (Phi) is 6.16. The fourth-order valence-corrected chi connectivity index (χ4v) is 5.69. The molecule has 0 aliphatic carbocycles. The van der Waals surface area contributed by atoms with E-state index in [1.807, 2.05) is 18.2 Å². The predicted octanol–water partition coefficient (Wildman–Crippen LogP) is 1.91. The van der Waals surface area contributed by atoms with E-state index >= 15 is 0 Å². The van der Waals surface area contributed by atoms with Crippen molar-refractivity contribution in [1.82, 2.24) is 24.5 Å². The van der Waals surface area contributed by atoms with Gasteiger partial charge in [0, 0.05) is 12.3 Å². The van der Waals surface area contributed by atoms with E-state index in [2.05, 4.69) is 31.3 Å². The number of ether oxygens (including phenoxy) is 1. The molecule has 3 aromatic heterocycles. The van der Waals surface area contributed by atoms with Gasteiger partial charge in [0.15, 0.2) is 27.5 Å². The van der Waals surface area contributed by atoms with Crippen molar-refractivity contribution in [3.05, 3.63) is 35.9 Å². The van der Waals surface area contributed by atoms with Crippen molar-refractivity contribution >= 4 is 61.9 Å². The molecular weight excluding hydrogens is 476 g/mol. The zero-order chi connectivity index (χ0) is 22.2. The Balaban J connectivity index is 1.30. The quantitative estimate of drug-likeness (QED) is 0.171. The second kappa shape index (κ2) is 9.06. The molecule has 1 aromatic carbocycles. The van der Waals surface area contributed by atoms with E-state index in [4.69, 9.17) is 16.3 Å². The van der Waals surface area contributed by atoms with Gasteiger partial charge in [-0.05, 0) is 23.7 Å². The van der Waals surface area contributed by atoms with Gasteiger partial charge in [0.25, 0.3) is 0 Å². The number of imidazole rings is 1. The van der Waals surface area contributed by atoms with Gasteiger partial charge < -0.3 is 25.4 Å². The SMILES string of the molecule is OC[C@H]1O[C@@H](n2cnc3c(NCCSc4nc5ccccc5s4)nc(Cl)nc32)C(O)C1O. The van der Waals surface area contributed by atoms with Crippen LogP contribution in [0.1, 0.15) is 6.23 Å². The number of fused-ring (bicyclic) bond motifs is 2. The maximum absolute atomic E-state index is 10.3. The van der Waals surface area contributed by atoms with Crippen LogP contribution in [0, 0.1) is 0 Å². The molecular formula is C19H19ClN6O4S2. The van der Waals surface area contributed by atoms with Gasteiger partial charge in [0.05, 0.1) is 23.2 Å². The standard InChI is InChI=1S/C19H19ClN6O4S2/c20-18-24-15(21-5-6-31-19-23-9-3-1-2-4-11(9)32-19)12-16(25-18)26(8-22-12)17-14(29)13(28)10(7-27)30-17/h1-4,8,10,13-14,17,27-29H,5-7H2,(H,21,24,25)/t10-,13?,14?,17-/m1/s1. The van der Waals surface area contributed by atoms with Crippen LogP contribution in [0.5, 0.6) is 0 Å². The first-order valence-electron chi connectivity index (χ1n) is 9.80. The first-order valence-corrected chi connectivity index (χ1v) is 12.0. The molecule has 1 aliphatic heterocycles. The number of nitrogens with zero attached hydrogens (tertiary/aromatic N) is 5. The number of nitrogens with one attached hydrogen (secondary N) is 1. The Morgan fingerprint density at radius 3 is 2.81 bits per heavy atom. The number of para-hydroxylation sites is 1. The fourth-order valence-electron chi connectivity index (χ4n) is 3.53. The van der Waals surface area contributed by atoms with Crippen molar-refractivity contribution in [2.24, 2.45) is 0 Å². The van der Waals surface area contributed by atoms with Crippen LogP contribution >= 0.6 is 34.7 Å². The summed E-state index contributed by atoms with van der Waals surface area (Å²) in [4.78, 5) is 17.4. The molecule has 0 radical (unpaired) electrons. The number of halogens is 1. The van der Waals surface area contributed by atoms with Crippen LogP contribution in [0.2, 0.25) is 5.28 Å². The van der Waals surface area contributed by atoms with Crippen LogP contribution in [-0.4, -0.2) is 77.0 Å². The molecule has 2 unspecified atom stereocenters. The third kappa shape index (κ3) is 4.03. The summed E-state index contributed by atoms with van der Waals surface area (Å²) in [5.74, 6) is 1.20. The molecule has 0 amide bonds. The summed E-state index contributed by atoms with van der Waals surface area (Å²) in [6, 6.07) is 8.02. The summed E-state index contributed by atoms with van der Waals surface area (Å²) >= 11 is 9.42. The first kappa shape index (κ1) is 21.8. The predicted molar refractivity (Wildman–Crippen MR) is 122 cm³/mol. The van der Waals surface area contributed by atoms with E-state index in [9.17, 15) is 15.3 Å². The fraction of sp³-hybridized carbons (Fsp3) is 0.368. The topological polar surface area (TPSA) is 138 Å². The Morgan fingerprint density at radius 1 is 1.19 bits per heavy atom. The zero-order valence-electron chi connectivity index (χ0n) is 16.5. The summed E-state index contributed by atoms with van der Waals surface area (Å²) in [6.45, 7) is 0.167. The third-order valence-electron chi connectivity index (χ3n) is 5.08. The summed E-state index contributed by atoms with van der Waals surface area (Å²) in [5, 5.41) is 32.9. The average molecular weight is 495 g/mol. The Hall–Kier alpha value is -2.06. The highest BCUT2D eigenvalue weighted by atomic mass is 35.5.